The highest BCUT2D eigenvalue weighted by Gasteiger charge is 2.23. The van der Waals surface area contributed by atoms with Crippen molar-refractivity contribution in [3.8, 4) is 23.2 Å². The lowest BCUT2D eigenvalue weighted by atomic mass is 9.93. The van der Waals surface area contributed by atoms with Crippen molar-refractivity contribution in [2.24, 2.45) is 0 Å². The average Bonchev–Trinajstić information content (AvgIpc) is 2.85. The van der Waals surface area contributed by atoms with Gasteiger partial charge in [-0.25, -0.2) is 14.4 Å². The average molecular weight is 326 g/mol. The van der Waals surface area contributed by atoms with Gasteiger partial charge >= 0.3 is 0 Å². The zero-order valence-corrected chi connectivity index (χ0v) is 13.3. The van der Waals surface area contributed by atoms with Crippen LogP contribution in [0.5, 0.6) is 5.75 Å². The van der Waals surface area contributed by atoms with Crippen LogP contribution < -0.4 is 5.73 Å². The smallest absolute Gasteiger partial charge is 0.165 e. The molecule has 0 spiro atoms. The Kier molecular flexibility index (Phi) is 4.61. The number of aromatic hydroxyl groups is 1. The molecule has 0 bridgehead atoms. The number of halogens is 1. The van der Waals surface area contributed by atoms with E-state index in [1.165, 1.54) is 25.0 Å². The predicted octanol–water partition coefficient (Wildman–Crippen LogP) is 3.88. The minimum atomic E-state index is -0.495. The van der Waals surface area contributed by atoms with E-state index in [1.807, 2.05) is 0 Å². The van der Waals surface area contributed by atoms with E-state index in [4.69, 9.17) is 5.73 Å². The largest absolute Gasteiger partial charge is 0.507 e. The molecule has 2 aromatic rings. The maximum absolute atomic E-state index is 13.5. The van der Waals surface area contributed by atoms with Crippen molar-refractivity contribution in [2.75, 3.05) is 5.73 Å². The van der Waals surface area contributed by atoms with Crippen LogP contribution in [0.4, 0.5) is 10.2 Å². The molecule has 0 atom stereocenters. The van der Waals surface area contributed by atoms with E-state index in [2.05, 4.69) is 16.0 Å². The quantitative estimate of drug-likeness (QED) is 0.816. The lowest BCUT2D eigenvalue weighted by Crippen LogP contribution is -2.10. The van der Waals surface area contributed by atoms with Crippen LogP contribution in [-0.2, 0) is 0 Å². The van der Waals surface area contributed by atoms with Crippen LogP contribution in [0.15, 0.2) is 18.2 Å². The van der Waals surface area contributed by atoms with Gasteiger partial charge in [-0.3, -0.25) is 0 Å². The zero-order chi connectivity index (χ0) is 17.1. The second kappa shape index (κ2) is 6.83. The number of nitrogen functional groups attached to an aromatic ring is 1. The molecule has 0 radical (unpaired) electrons. The van der Waals surface area contributed by atoms with Crippen LogP contribution in [0, 0.1) is 17.1 Å². The second-order valence-electron chi connectivity index (χ2n) is 6.15. The third-order valence-corrected chi connectivity index (χ3v) is 4.52. The lowest BCUT2D eigenvalue weighted by molar-refractivity contribution is 0.474. The summed E-state index contributed by atoms with van der Waals surface area (Å²) in [5.74, 6) is -0.243. The SMILES string of the molecule is N#Cc1c(N)nc(-c2cc(F)ccc2O)nc1C1CCCCCC1. The monoisotopic (exact) mass is 326 g/mol. The first-order valence-electron chi connectivity index (χ1n) is 8.16. The number of nitrogens with two attached hydrogens (primary N) is 1. The van der Waals surface area contributed by atoms with E-state index in [9.17, 15) is 14.8 Å². The fourth-order valence-electron chi connectivity index (χ4n) is 3.27. The van der Waals surface area contributed by atoms with Gasteiger partial charge in [0.05, 0.1) is 11.3 Å². The summed E-state index contributed by atoms with van der Waals surface area (Å²) in [4.78, 5) is 8.61. The Hall–Kier alpha value is -2.68. The topological polar surface area (TPSA) is 95.8 Å². The van der Waals surface area contributed by atoms with Gasteiger partial charge in [-0.1, -0.05) is 25.7 Å². The summed E-state index contributed by atoms with van der Waals surface area (Å²) in [6.07, 6.45) is 6.41. The number of nitriles is 1. The molecule has 0 amide bonds. The fourth-order valence-corrected chi connectivity index (χ4v) is 3.27. The molecule has 3 N–H and O–H groups in total. The number of phenols is 1. The molecular formula is C18H19FN4O. The van der Waals surface area contributed by atoms with Crippen LogP contribution >= 0.6 is 0 Å². The Morgan fingerprint density at radius 2 is 1.88 bits per heavy atom. The zero-order valence-electron chi connectivity index (χ0n) is 13.3. The second-order valence-corrected chi connectivity index (χ2v) is 6.15. The molecule has 3 rings (SSSR count). The van der Waals surface area contributed by atoms with Gasteiger partial charge in [0.2, 0.25) is 0 Å². The van der Waals surface area contributed by atoms with Crippen molar-refractivity contribution in [1.82, 2.24) is 9.97 Å². The Morgan fingerprint density at radius 3 is 2.54 bits per heavy atom. The first kappa shape index (κ1) is 16.2. The predicted molar refractivity (Wildman–Crippen MR) is 88.7 cm³/mol. The van der Waals surface area contributed by atoms with E-state index in [1.54, 1.807) is 0 Å². The number of benzene rings is 1. The van der Waals surface area contributed by atoms with E-state index in [0.717, 1.165) is 31.7 Å². The minimum absolute atomic E-state index is 0.0745. The Labute approximate surface area is 140 Å². The Bertz CT molecular complexity index is 792. The van der Waals surface area contributed by atoms with E-state index in [-0.39, 0.29) is 28.9 Å². The number of rotatable bonds is 2. The molecule has 1 aromatic heterocycles. The molecule has 124 valence electrons. The molecule has 0 saturated heterocycles. The summed E-state index contributed by atoms with van der Waals surface area (Å²) in [5, 5.41) is 19.4. The normalized spacial score (nSPS) is 15.7. The number of hydrogen-bond donors (Lipinski definition) is 2. The van der Waals surface area contributed by atoms with Gasteiger partial charge in [0.1, 0.15) is 29.0 Å². The van der Waals surface area contributed by atoms with Crippen LogP contribution in [0.25, 0.3) is 11.4 Å². The standard InChI is InChI=1S/C18H19FN4O/c19-12-7-8-15(24)13(9-12)18-22-16(14(10-20)17(21)23-18)11-5-3-1-2-4-6-11/h7-9,11,24H,1-6H2,(H2,21,22,23). The highest BCUT2D eigenvalue weighted by Crippen LogP contribution is 2.36. The minimum Gasteiger partial charge on any atom is -0.507 e. The summed E-state index contributed by atoms with van der Waals surface area (Å²) < 4.78 is 13.5. The summed E-state index contributed by atoms with van der Waals surface area (Å²) in [5.41, 5.74) is 7.05. The molecule has 6 heteroatoms. The van der Waals surface area contributed by atoms with Crippen molar-refractivity contribution in [2.45, 2.75) is 44.4 Å². The van der Waals surface area contributed by atoms with Crippen molar-refractivity contribution in [3.05, 3.63) is 35.3 Å². The maximum atomic E-state index is 13.5. The number of anilines is 1. The molecule has 1 aromatic carbocycles. The Balaban J connectivity index is 2.12. The van der Waals surface area contributed by atoms with Gasteiger partial charge in [0.25, 0.3) is 0 Å². The maximum Gasteiger partial charge on any atom is 0.165 e. The van der Waals surface area contributed by atoms with Gasteiger partial charge in [-0.2, -0.15) is 5.26 Å². The third kappa shape index (κ3) is 3.16. The lowest BCUT2D eigenvalue weighted by Gasteiger charge is -2.17. The van der Waals surface area contributed by atoms with Gasteiger partial charge in [-0.05, 0) is 31.0 Å². The van der Waals surface area contributed by atoms with Gasteiger partial charge < -0.3 is 10.8 Å². The van der Waals surface area contributed by atoms with Crippen molar-refractivity contribution in [3.63, 3.8) is 0 Å². The summed E-state index contributed by atoms with van der Waals surface area (Å²) in [6, 6.07) is 5.70. The molecule has 1 fully saturated rings. The third-order valence-electron chi connectivity index (χ3n) is 4.52. The molecule has 1 aliphatic carbocycles. The highest BCUT2D eigenvalue weighted by atomic mass is 19.1. The van der Waals surface area contributed by atoms with Crippen molar-refractivity contribution >= 4 is 5.82 Å². The van der Waals surface area contributed by atoms with Crippen molar-refractivity contribution in [1.29, 1.82) is 5.26 Å². The van der Waals surface area contributed by atoms with Crippen LogP contribution in [0.2, 0.25) is 0 Å². The molecule has 1 saturated carbocycles. The molecule has 5 nitrogen and oxygen atoms in total. The molecule has 1 heterocycles. The number of phenolic OH excluding ortho intramolecular Hbond substituents is 1. The van der Waals surface area contributed by atoms with Crippen LogP contribution in [0.1, 0.15) is 55.7 Å². The van der Waals surface area contributed by atoms with Gasteiger partial charge in [0.15, 0.2) is 5.82 Å². The summed E-state index contributed by atoms with van der Waals surface area (Å²) in [6.45, 7) is 0. The molecular weight excluding hydrogens is 307 g/mol. The van der Waals surface area contributed by atoms with E-state index in [0.29, 0.717) is 11.3 Å². The molecule has 0 unspecified atom stereocenters. The van der Waals surface area contributed by atoms with Crippen molar-refractivity contribution < 1.29 is 9.50 Å². The molecule has 1 aliphatic rings. The fraction of sp³-hybridized carbons (Fsp3) is 0.389. The first-order valence-corrected chi connectivity index (χ1v) is 8.16. The Morgan fingerprint density at radius 1 is 1.17 bits per heavy atom. The van der Waals surface area contributed by atoms with Gasteiger partial charge in [0, 0.05) is 5.92 Å². The van der Waals surface area contributed by atoms with Crippen LogP contribution in [-0.4, -0.2) is 15.1 Å². The van der Waals surface area contributed by atoms with E-state index >= 15 is 0 Å². The van der Waals surface area contributed by atoms with Crippen LogP contribution in [0.3, 0.4) is 0 Å². The van der Waals surface area contributed by atoms with Gasteiger partial charge in [-0.15, -0.1) is 0 Å². The molecule has 0 aliphatic heterocycles. The number of hydrogen-bond acceptors (Lipinski definition) is 5. The number of aromatic nitrogens is 2. The summed E-state index contributed by atoms with van der Waals surface area (Å²) in [7, 11) is 0. The molecule has 24 heavy (non-hydrogen) atoms. The highest BCUT2D eigenvalue weighted by molar-refractivity contribution is 5.67. The number of nitrogens with zero attached hydrogens (tertiary/aromatic N) is 3. The summed E-state index contributed by atoms with van der Waals surface area (Å²) >= 11 is 0. The van der Waals surface area contributed by atoms with E-state index < -0.39 is 5.82 Å². The first-order chi connectivity index (χ1) is 11.6.